The van der Waals surface area contributed by atoms with E-state index >= 15 is 0 Å². The van der Waals surface area contributed by atoms with Crippen molar-refractivity contribution >= 4 is 34.0 Å². The van der Waals surface area contributed by atoms with Crippen LogP contribution in [-0.2, 0) is 4.79 Å². The van der Waals surface area contributed by atoms with Gasteiger partial charge >= 0.3 is 0 Å². The number of aromatic nitrogens is 1. The van der Waals surface area contributed by atoms with Gasteiger partial charge in [-0.2, -0.15) is 0 Å². The zero-order valence-corrected chi connectivity index (χ0v) is 12.7. The maximum atomic E-state index is 11.1. The number of hydrogen-bond donors (Lipinski definition) is 2. The molecule has 0 saturated heterocycles. The number of ether oxygens (including phenoxy) is 1. The van der Waals surface area contributed by atoms with Gasteiger partial charge in [0.15, 0.2) is 16.6 Å². The van der Waals surface area contributed by atoms with Crippen LogP contribution in [0.3, 0.4) is 0 Å². The molecule has 0 aliphatic heterocycles. The molecular formula is C13H13ClN2O3S. The molecule has 2 aromatic rings. The summed E-state index contributed by atoms with van der Waals surface area (Å²) < 4.78 is 5.08. The molecule has 1 heterocycles. The standard InChI is InChI=1S/C13H13ClN2O3S/c1-6-12(20-13(15-6)16-7(2)17)8-4-9(14)11(18)10(5-8)19-3/h4-5,18H,1-3H3,(H,15,16,17). The monoisotopic (exact) mass is 312 g/mol. The van der Waals surface area contributed by atoms with E-state index in [1.54, 1.807) is 12.1 Å². The van der Waals surface area contributed by atoms with Crippen LogP contribution in [0.25, 0.3) is 10.4 Å². The van der Waals surface area contributed by atoms with Gasteiger partial charge in [0.25, 0.3) is 0 Å². The second kappa shape index (κ2) is 5.68. The highest BCUT2D eigenvalue weighted by atomic mass is 35.5. The molecule has 7 heteroatoms. The molecule has 1 aromatic heterocycles. The number of nitrogens with one attached hydrogen (secondary N) is 1. The van der Waals surface area contributed by atoms with Gasteiger partial charge in [-0.25, -0.2) is 4.98 Å². The summed E-state index contributed by atoms with van der Waals surface area (Å²) in [6, 6.07) is 3.32. The number of amides is 1. The fraction of sp³-hybridized carbons (Fsp3) is 0.231. The largest absolute Gasteiger partial charge is 0.503 e. The highest BCUT2D eigenvalue weighted by Crippen LogP contribution is 2.41. The summed E-state index contributed by atoms with van der Waals surface area (Å²) in [7, 11) is 1.46. The Labute approximate surface area is 125 Å². The molecular weight excluding hydrogens is 300 g/mol. The van der Waals surface area contributed by atoms with Crippen LogP contribution in [0.1, 0.15) is 12.6 Å². The lowest BCUT2D eigenvalue weighted by molar-refractivity contribution is -0.114. The molecule has 0 radical (unpaired) electrons. The third-order valence-electron chi connectivity index (χ3n) is 2.59. The summed E-state index contributed by atoms with van der Waals surface area (Å²) >= 11 is 7.31. The summed E-state index contributed by atoms with van der Waals surface area (Å²) in [6.45, 7) is 3.27. The first-order valence-electron chi connectivity index (χ1n) is 5.74. The van der Waals surface area contributed by atoms with Crippen LogP contribution < -0.4 is 10.1 Å². The minimum atomic E-state index is -0.174. The summed E-state index contributed by atoms with van der Waals surface area (Å²) in [4.78, 5) is 16.2. The number of thiazole rings is 1. The first-order chi connectivity index (χ1) is 9.42. The van der Waals surface area contributed by atoms with Gasteiger partial charge in [-0.15, -0.1) is 0 Å². The third-order valence-corrected chi connectivity index (χ3v) is 4.00. The van der Waals surface area contributed by atoms with E-state index < -0.39 is 0 Å². The van der Waals surface area contributed by atoms with Crippen molar-refractivity contribution in [3.05, 3.63) is 22.8 Å². The quantitative estimate of drug-likeness (QED) is 0.910. The molecule has 0 spiro atoms. The summed E-state index contributed by atoms with van der Waals surface area (Å²) in [5.41, 5.74) is 1.54. The van der Waals surface area contributed by atoms with Gasteiger partial charge in [0.05, 0.1) is 22.7 Å². The topological polar surface area (TPSA) is 71.5 Å². The normalized spacial score (nSPS) is 10.4. The van der Waals surface area contributed by atoms with E-state index in [0.29, 0.717) is 10.9 Å². The van der Waals surface area contributed by atoms with Crippen LogP contribution in [0, 0.1) is 6.92 Å². The average molecular weight is 313 g/mol. The van der Waals surface area contributed by atoms with Crippen molar-refractivity contribution in [3.8, 4) is 21.9 Å². The molecule has 106 valence electrons. The van der Waals surface area contributed by atoms with E-state index in [4.69, 9.17) is 16.3 Å². The summed E-state index contributed by atoms with van der Waals surface area (Å²) in [6.07, 6.45) is 0. The van der Waals surface area contributed by atoms with Gasteiger partial charge in [-0.1, -0.05) is 22.9 Å². The zero-order valence-electron chi connectivity index (χ0n) is 11.2. The van der Waals surface area contributed by atoms with Gasteiger partial charge in [-0.3, -0.25) is 4.79 Å². The molecule has 0 aliphatic rings. The minimum Gasteiger partial charge on any atom is -0.503 e. The molecule has 2 N–H and O–H groups in total. The molecule has 0 unspecified atom stereocenters. The van der Waals surface area contributed by atoms with Crippen molar-refractivity contribution in [2.75, 3.05) is 12.4 Å². The first kappa shape index (κ1) is 14.6. The number of carbonyl (C=O) groups excluding carboxylic acids is 1. The number of hydrogen-bond acceptors (Lipinski definition) is 5. The number of aryl methyl sites for hydroxylation is 1. The number of rotatable bonds is 3. The number of phenols is 1. The predicted octanol–water partition coefficient (Wildman–Crippen LogP) is 3.44. The SMILES string of the molecule is COc1cc(-c2sc(NC(C)=O)nc2C)cc(Cl)c1O. The van der Waals surface area contributed by atoms with E-state index in [0.717, 1.165) is 16.1 Å². The Hall–Kier alpha value is -1.79. The number of carbonyl (C=O) groups is 1. The molecule has 1 aromatic carbocycles. The third kappa shape index (κ3) is 2.86. The van der Waals surface area contributed by atoms with Crippen LogP contribution >= 0.6 is 22.9 Å². The Balaban J connectivity index is 2.48. The number of aromatic hydroxyl groups is 1. The fourth-order valence-corrected chi connectivity index (χ4v) is 2.94. The smallest absolute Gasteiger partial charge is 0.223 e. The van der Waals surface area contributed by atoms with Crippen molar-refractivity contribution in [1.82, 2.24) is 4.98 Å². The maximum Gasteiger partial charge on any atom is 0.223 e. The lowest BCUT2D eigenvalue weighted by atomic mass is 10.1. The van der Waals surface area contributed by atoms with Gasteiger partial charge in [0.2, 0.25) is 5.91 Å². The van der Waals surface area contributed by atoms with Crippen LogP contribution in [0.4, 0.5) is 5.13 Å². The molecule has 1 amide bonds. The van der Waals surface area contributed by atoms with Crippen LogP contribution in [0.15, 0.2) is 12.1 Å². The summed E-state index contributed by atoms with van der Waals surface area (Å²) in [5.74, 6) is 0.0233. The highest BCUT2D eigenvalue weighted by Gasteiger charge is 2.15. The first-order valence-corrected chi connectivity index (χ1v) is 6.93. The Morgan fingerprint density at radius 2 is 2.20 bits per heavy atom. The van der Waals surface area contributed by atoms with E-state index in [1.807, 2.05) is 6.92 Å². The van der Waals surface area contributed by atoms with Gasteiger partial charge in [0, 0.05) is 6.92 Å². The fourth-order valence-electron chi connectivity index (χ4n) is 1.73. The molecule has 0 aliphatic carbocycles. The number of halogens is 1. The van der Waals surface area contributed by atoms with E-state index in [1.165, 1.54) is 25.4 Å². The van der Waals surface area contributed by atoms with Gasteiger partial charge < -0.3 is 15.2 Å². The Kier molecular flexibility index (Phi) is 4.15. The number of benzene rings is 1. The van der Waals surface area contributed by atoms with Crippen molar-refractivity contribution in [1.29, 1.82) is 0 Å². The number of phenolic OH excluding ortho intramolecular Hbond substituents is 1. The highest BCUT2D eigenvalue weighted by molar-refractivity contribution is 7.19. The van der Waals surface area contributed by atoms with E-state index in [-0.39, 0.29) is 16.7 Å². The number of methoxy groups -OCH3 is 1. The zero-order chi connectivity index (χ0) is 14.9. The van der Waals surface area contributed by atoms with Gasteiger partial charge in [0.1, 0.15) is 0 Å². The summed E-state index contributed by atoms with van der Waals surface area (Å²) in [5, 5.41) is 13.1. The van der Waals surface area contributed by atoms with Crippen molar-refractivity contribution in [2.45, 2.75) is 13.8 Å². The molecule has 0 atom stereocenters. The predicted molar refractivity (Wildman–Crippen MR) is 79.8 cm³/mol. The van der Waals surface area contributed by atoms with Gasteiger partial charge in [-0.05, 0) is 24.6 Å². The van der Waals surface area contributed by atoms with Crippen LogP contribution in [0.5, 0.6) is 11.5 Å². The Morgan fingerprint density at radius 3 is 2.80 bits per heavy atom. The van der Waals surface area contributed by atoms with E-state index in [9.17, 15) is 9.90 Å². The van der Waals surface area contributed by atoms with Crippen LogP contribution in [-0.4, -0.2) is 23.1 Å². The molecule has 2 rings (SSSR count). The number of nitrogens with zero attached hydrogens (tertiary/aromatic N) is 1. The minimum absolute atomic E-state index is 0.0952. The molecule has 0 saturated carbocycles. The Bertz CT molecular complexity index is 670. The lowest BCUT2D eigenvalue weighted by Crippen LogP contribution is -2.04. The molecule has 20 heavy (non-hydrogen) atoms. The second-order valence-electron chi connectivity index (χ2n) is 4.12. The van der Waals surface area contributed by atoms with Crippen molar-refractivity contribution in [2.24, 2.45) is 0 Å². The number of anilines is 1. The average Bonchev–Trinajstić information content (AvgIpc) is 2.72. The van der Waals surface area contributed by atoms with E-state index in [2.05, 4.69) is 10.3 Å². The maximum absolute atomic E-state index is 11.1. The molecule has 0 fully saturated rings. The van der Waals surface area contributed by atoms with Crippen molar-refractivity contribution < 1.29 is 14.6 Å². The molecule has 5 nitrogen and oxygen atoms in total. The molecule has 0 bridgehead atoms. The van der Waals surface area contributed by atoms with Crippen LogP contribution in [0.2, 0.25) is 5.02 Å². The van der Waals surface area contributed by atoms with Crippen molar-refractivity contribution in [3.63, 3.8) is 0 Å². The lowest BCUT2D eigenvalue weighted by Gasteiger charge is -2.07. The second-order valence-corrected chi connectivity index (χ2v) is 5.53. The Morgan fingerprint density at radius 1 is 1.50 bits per heavy atom.